The summed E-state index contributed by atoms with van der Waals surface area (Å²) < 4.78 is 7.97. The van der Waals surface area contributed by atoms with E-state index >= 15 is 0 Å². The van der Waals surface area contributed by atoms with E-state index in [0.717, 1.165) is 30.1 Å². The maximum absolute atomic E-state index is 5.83. The molecule has 1 aromatic heterocycles. The number of hydrogen-bond acceptors (Lipinski definition) is 2. The number of benzene rings is 1. The molecule has 0 bridgehead atoms. The SMILES string of the molecule is C=C(CC)n1c(COCc2ccccc2)nc(CC)c1C. The van der Waals surface area contributed by atoms with Gasteiger partial charge in [-0.1, -0.05) is 50.8 Å². The number of aromatic nitrogens is 2. The van der Waals surface area contributed by atoms with Gasteiger partial charge in [0.05, 0.1) is 12.3 Å². The molecule has 1 heterocycles. The molecule has 0 atom stereocenters. The molecule has 112 valence electrons. The molecule has 2 aromatic rings. The van der Waals surface area contributed by atoms with E-state index < -0.39 is 0 Å². The second-order valence-electron chi connectivity index (χ2n) is 5.15. The van der Waals surface area contributed by atoms with Crippen LogP contribution in [0.15, 0.2) is 36.9 Å². The van der Waals surface area contributed by atoms with Gasteiger partial charge in [-0.15, -0.1) is 0 Å². The Labute approximate surface area is 127 Å². The summed E-state index contributed by atoms with van der Waals surface area (Å²) >= 11 is 0. The lowest BCUT2D eigenvalue weighted by molar-refractivity contribution is 0.101. The predicted octanol–water partition coefficient (Wildman–Crippen LogP) is 4.35. The molecule has 0 unspecified atom stereocenters. The third kappa shape index (κ3) is 3.61. The number of imidazole rings is 1. The third-order valence-electron chi connectivity index (χ3n) is 3.68. The van der Waals surface area contributed by atoms with Crippen molar-refractivity contribution in [2.45, 2.75) is 46.8 Å². The molecule has 0 N–H and O–H groups in total. The summed E-state index contributed by atoms with van der Waals surface area (Å²) in [6.07, 6.45) is 1.84. The van der Waals surface area contributed by atoms with Crippen molar-refractivity contribution in [3.05, 3.63) is 59.7 Å². The zero-order valence-electron chi connectivity index (χ0n) is 13.2. The topological polar surface area (TPSA) is 27.1 Å². The minimum Gasteiger partial charge on any atom is -0.369 e. The molecule has 1 aromatic carbocycles. The Bertz CT molecular complexity index is 599. The summed E-state index contributed by atoms with van der Waals surface area (Å²) in [5.41, 5.74) is 4.56. The molecule has 2 rings (SSSR count). The van der Waals surface area contributed by atoms with Crippen LogP contribution in [0.1, 0.15) is 43.0 Å². The molecule has 0 radical (unpaired) electrons. The van der Waals surface area contributed by atoms with Gasteiger partial charge in [-0.3, -0.25) is 0 Å². The standard InChI is InChI=1S/C18H24N2O/c1-5-14(3)20-15(4)17(6-2)19-18(20)13-21-12-16-10-8-7-9-11-16/h7-11H,3,5-6,12-13H2,1-2,4H3. The van der Waals surface area contributed by atoms with Crippen LogP contribution in [0.25, 0.3) is 5.70 Å². The van der Waals surface area contributed by atoms with Crippen LogP contribution < -0.4 is 0 Å². The Hall–Kier alpha value is -1.87. The van der Waals surface area contributed by atoms with E-state index in [1.807, 2.05) is 18.2 Å². The maximum Gasteiger partial charge on any atom is 0.139 e. The van der Waals surface area contributed by atoms with E-state index in [4.69, 9.17) is 9.72 Å². The van der Waals surface area contributed by atoms with E-state index in [1.165, 1.54) is 11.3 Å². The second kappa shape index (κ2) is 7.23. The number of aryl methyl sites for hydroxylation is 1. The van der Waals surface area contributed by atoms with Crippen molar-refractivity contribution in [1.82, 2.24) is 9.55 Å². The highest BCUT2D eigenvalue weighted by molar-refractivity contribution is 5.45. The van der Waals surface area contributed by atoms with Gasteiger partial charge in [0.15, 0.2) is 0 Å². The van der Waals surface area contributed by atoms with Gasteiger partial charge in [-0.25, -0.2) is 4.98 Å². The summed E-state index contributed by atoms with van der Waals surface area (Å²) in [7, 11) is 0. The van der Waals surface area contributed by atoms with Crippen LogP contribution >= 0.6 is 0 Å². The summed E-state index contributed by atoms with van der Waals surface area (Å²) in [5.74, 6) is 0.951. The largest absolute Gasteiger partial charge is 0.369 e. The molecule has 0 aliphatic rings. The van der Waals surface area contributed by atoms with Crippen molar-refractivity contribution in [1.29, 1.82) is 0 Å². The summed E-state index contributed by atoms with van der Waals surface area (Å²) in [4.78, 5) is 4.71. The molecular formula is C18H24N2O. The van der Waals surface area contributed by atoms with E-state index in [-0.39, 0.29) is 0 Å². The summed E-state index contributed by atoms with van der Waals surface area (Å²) in [5, 5.41) is 0. The predicted molar refractivity (Wildman–Crippen MR) is 86.9 cm³/mol. The zero-order chi connectivity index (χ0) is 15.2. The Morgan fingerprint density at radius 3 is 2.52 bits per heavy atom. The quantitative estimate of drug-likeness (QED) is 0.755. The molecule has 0 saturated heterocycles. The van der Waals surface area contributed by atoms with E-state index in [2.05, 4.69) is 44.0 Å². The highest BCUT2D eigenvalue weighted by atomic mass is 16.5. The number of nitrogens with zero attached hydrogens (tertiary/aromatic N) is 2. The fraction of sp³-hybridized carbons (Fsp3) is 0.389. The van der Waals surface area contributed by atoms with E-state index in [0.29, 0.717) is 13.2 Å². The first-order valence-corrected chi connectivity index (χ1v) is 7.54. The van der Waals surface area contributed by atoms with Gasteiger partial charge in [0.1, 0.15) is 12.4 Å². The molecule has 0 aliphatic carbocycles. The lowest BCUT2D eigenvalue weighted by Gasteiger charge is -2.12. The van der Waals surface area contributed by atoms with Crippen molar-refractivity contribution in [3.8, 4) is 0 Å². The van der Waals surface area contributed by atoms with Crippen LogP contribution in [0, 0.1) is 6.92 Å². The van der Waals surface area contributed by atoms with Gasteiger partial charge in [0, 0.05) is 11.4 Å². The molecule has 0 amide bonds. The van der Waals surface area contributed by atoms with E-state index in [1.54, 1.807) is 0 Å². The minimum atomic E-state index is 0.509. The zero-order valence-corrected chi connectivity index (χ0v) is 13.2. The first-order chi connectivity index (χ1) is 10.2. The number of hydrogen-bond donors (Lipinski definition) is 0. The highest BCUT2D eigenvalue weighted by Gasteiger charge is 2.14. The third-order valence-corrected chi connectivity index (χ3v) is 3.68. The number of rotatable bonds is 7. The minimum absolute atomic E-state index is 0.509. The van der Waals surface area contributed by atoms with Crippen LogP contribution in [0.4, 0.5) is 0 Å². The lowest BCUT2D eigenvalue weighted by Crippen LogP contribution is -2.06. The molecular weight excluding hydrogens is 260 g/mol. The van der Waals surface area contributed by atoms with Gasteiger partial charge >= 0.3 is 0 Å². The Morgan fingerprint density at radius 1 is 1.19 bits per heavy atom. The Balaban J connectivity index is 2.10. The number of ether oxygens (including phenoxy) is 1. The Morgan fingerprint density at radius 2 is 1.90 bits per heavy atom. The average Bonchev–Trinajstić information content (AvgIpc) is 2.83. The monoisotopic (exact) mass is 284 g/mol. The average molecular weight is 284 g/mol. The lowest BCUT2D eigenvalue weighted by atomic mass is 10.2. The van der Waals surface area contributed by atoms with Crippen molar-refractivity contribution in [3.63, 3.8) is 0 Å². The fourth-order valence-corrected chi connectivity index (χ4v) is 2.45. The Kier molecular flexibility index (Phi) is 5.34. The number of allylic oxidation sites excluding steroid dienone is 1. The van der Waals surface area contributed by atoms with E-state index in [9.17, 15) is 0 Å². The molecule has 3 heteroatoms. The smallest absolute Gasteiger partial charge is 0.139 e. The highest BCUT2D eigenvalue weighted by Crippen LogP contribution is 2.19. The van der Waals surface area contributed by atoms with Crippen molar-refractivity contribution in [2.75, 3.05) is 0 Å². The molecule has 3 nitrogen and oxygen atoms in total. The molecule has 0 spiro atoms. The van der Waals surface area contributed by atoms with Crippen molar-refractivity contribution < 1.29 is 4.74 Å². The van der Waals surface area contributed by atoms with Crippen LogP contribution in [0.2, 0.25) is 0 Å². The summed E-state index contributed by atoms with van der Waals surface area (Å²) in [6, 6.07) is 10.2. The summed E-state index contributed by atoms with van der Waals surface area (Å²) in [6.45, 7) is 11.6. The molecule has 21 heavy (non-hydrogen) atoms. The molecule has 0 saturated carbocycles. The molecule has 0 aliphatic heterocycles. The maximum atomic E-state index is 5.83. The van der Waals surface area contributed by atoms with Crippen LogP contribution in [-0.4, -0.2) is 9.55 Å². The molecule has 0 fully saturated rings. The van der Waals surface area contributed by atoms with Gasteiger partial charge < -0.3 is 9.30 Å². The first-order valence-electron chi connectivity index (χ1n) is 7.54. The van der Waals surface area contributed by atoms with Crippen molar-refractivity contribution in [2.24, 2.45) is 0 Å². The second-order valence-corrected chi connectivity index (χ2v) is 5.15. The van der Waals surface area contributed by atoms with Gasteiger partial charge in [0.2, 0.25) is 0 Å². The first kappa shape index (κ1) is 15.5. The van der Waals surface area contributed by atoms with Gasteiger partial charge in [-0.05, 0) is 25.3 Å². The fourth-order valence-electron chi connectivity index (χ4n) is 2.45. The van der Waals surface area contributed by atoms with Gasteiger partial charge in [-0.2, -0.15) is 0 Å². The normalized spacial score (nSPS) is 10.8. The van der Waals surface area contributed by atoms with Gasteiger partial charge in [0.25, 0.3) is 0 Å². The van der Waals surface area contributed by atoms with Crippen molar-refractivity contribution >= 4 is 5.70 Å². The van der Waals surface area contributed by atoms with Crippen LogP contribution in [-0.2, 0) is 24.4 Å². The van der Waals surface area contributed by atoms with Crippen LogP contribution in [0.5, 0.6) is 0 Å². The van der Waals surface area contributed by atoms with Crippen LogP contribution in [0.3, 0.4) is 0 Å².